The normalized spacial score (nSPS) is 16.1. The van der Waals surface area contributed by atoms with Gasteiger partial charge >= 0.3 is 0 Å². The molecule has 0 radical (unpaired) electrons. The predicted octanol–water partition coefficient (Wildman–Crippen LogP) is 2.88. The van der Waals surface area contributed by atoms with E-state index in [1.54, 1.807) is 12.1 Å². The third-order valence-corrected chi connectivity index (χ3v) is 3.80. The molecule has 0 saturated carbocycles. The Balaban J connectivity index is 1.77. The fourth-order valence-corrected chi connectivity index (χ4v) is 2.48. The largest absolute Gasteiger partial charge is 0.489 e. The molecule has 0 bridgehead atoms. The number of benzene rings is 1. The van der Waals surface area contributed by atoms with Crippen LogP contribution < -0.4 is 15.4 Å². The number of guanidine groups is 1. The van der Waals surface area contributed by atoms with Crippen molar-refractivity contribution in [2.75, 3.05) is 32.8 Å². The van der Waals surface area contributed by atoms with Crippen molar-refractivity contribution in [1.82, 2.24) is 10.6 Å². The average molecular weight is 349 g/mol. The van der Waals surface area contributed by atoms with E-state index in [0.29, 0.717) is 12.3 Å². The second-order valence-electron chi connectivity index (χ2n) is 5.97. The van der Waals surface area contributed by atoms with E-state index < -0.39 is 0 Å². The van der Waals surface area contributed by atoms with Gasteiger partial charge < -0.3 is 20.1 Å². The van der Waals surface area contributed by atoms with Gasteiger partial charge in [0.2, 0.25) is 0 Å². The van der Waals surface area contributed by atoms with Crippen molar-refractivity contribution in [2.24, 2.45) is 4.99 Å². The Hall–Kier alpha value is -2.08. The van der Waals surface area contributed by atoms with Crippen LogP contribution >= 0.6 is 0 Å². The molecule has 2 N–H and O–H groups in total. The number of rotatable bonds is 8. The van der Waals surface area contributed by atoms with Gasteiger partial charge in [0.05, 0.1) is 19.8 Å². The van der Waals surface area contributed by atoms with Crippen molar-refractivity contribution in [1.29, 1.82) is 0 Å². The van der Waals surface area contributed by atoms with Gasteiger partial charge in [0.1, 0.15) is 17.7 Å². The quantitative estimate of drug-likeness (QED) is 0.430. The molecule has 2 rings (SSSR count). The SMILES string of the molecule is CCNC(=NCC(C)Oc1ccc(F)cc1)NCCC1=CCOCC1. The fourth-order valence-electron chi connectivity index (χ4n) is 2.48. The number of hydrogen-bond donors (Lipinski definition) is 2. The molecule has 0 spiro atoms. The Kier molecular flexibility index (Phi) is 8.25. The maximum atomic E-state index is 12.9. The van der Waals surface area contributed by atoms with Gasteiger partial charge in [0, 0.05) is 13.1 Å². The van der Waals surface area contributed by atoms with Gasteiger partial charge in [-0.1, -0.05) is 11.6 Å². The number of halogens is 1. The third-order valence-electron chi connectivity index (χ3n) is 3.80. The van der Waals surface area contributed by atoms with Gasteiger partial charge in [-0.25, -0.2) is 9.38 Å². The molecule has 1 aliphatic rings. The van der Waals surface area contributed by atoms with E-state index in [4.69, 9.17) is 9.47 Å². The summed E-state index contributed by atoms with van der Waals surface area (Å²) in [5, 5.41) is 6.58. The molecule has 5 nitrogen and oxygen atoms in total. The van der Waals surface area contributed by atoms with Gasteiger partial charge in [0.25, 0.3) is 0 Å². The molecule has 1 heterocycles. The molecule has 0 saturated heterocycles. The Labute approximate surface area is 149 Å². The van der Waals surface area contributed by atoms with Crippen LogP contribution in [0.25, 0.3) is 0 Å². The second kappa shape index (κ2) is 10.7. The zero-order valence-electron chi connectivity index (χ0n) is 15.1. The molecule has 138 valence electrons. The summed E-state index contributed by atoms with van der Waals surface area (Å²) >= 11 is 0. The van der Waals surface area contributed by atoms with Crippen LogP contribution in [0.2, 0.25) is 0 Å². The number of hydrogen-bond acceptors (Lipinski definition) is 3. The number of nitrogens with zero attached hydrogens (tertiary/aromatic N) is 1. The summed E-state index contributed by atoms with van der Waals surface area (Å²) in [6.45, 7) is 7.68. The molecule has 0 fully saturated rings. The van der Waals surface area contributed by atoms with Crippen molar-refractivity contribution in [2.45, 2.75) is 32.8 Å². The average Bonchev–Trinajstić information content (AvgIpc) is 2.62. The highest BCUT2D eigenvalue weighted by molar-refractivity contribution is 5.79. The summed E-state index contributed by atoms with van der Waals surface area (Å²) in [4.78, 5) is 4.56. The maximum absolute atomic E-state index is 12.9. The molecule has 1 unspecified atom stereocenters. The predicted molar refractivity (Wildman–Crippen MR) is 98.6 cm³/mol. The summed E-state index contributed by atoms with van der Waals surface area (Å²) in [6, 6.07) is 6.03. The van der Waals surface area contributed by atoms with Crippen LogP contribution in [0.4, 0.5) is 4.39 Å². The minimum atomic E-state index is -0.267. The zero-order chi connectivity index (χ0) is 17.9. The van der Waals surface area contributed by atoms with Crippen LogP contribution in [0, 0.1) is 5.82 Å². The molecule has 0 amide bonds. The lowest BCUT2D eigenvalue weighted by Crippen LogP contribution is -2.38. The summed E-state index contributed by atoms with van der Waals surface area (Å²) in [6.07, 6.45) is 4.07. The maximum Gasteiger partial charge on any atom is 0.191 e. The first-order valence-corrected chi connectivity index (χ1v) is 8.87. The van der Waals surface area contributed by atoms with E-state index >= 15 is 0 Å². The lowest BCUT2D eigenvalue weighted by Gasteiger charge is -2.17. The van der Waals surface area contributed by atoms with Crippen LogP contribution in [0.15, 0.2) is 40.9 Å². The lowest BCUT2D eigenvalue weighted by molar-refractivity contribution is 0.153. The highest BCUT2D eigenvalue weighted by Crippen LogP contribution is 2.13. The summed E-state index contributed by atoms with van der Waals surface area (Å²) in [7, 11) is 0. The van der Waals surface area contributed by atoms with Gasteiger partial charge in [-0.2, -0.15) is 0 Å². The molecule has 1 atom stereocenters. The van der Waals surface area contributed by atoms with E-state index in [9.17, 15) is 4.39 Å². The molecule has 6 heteroatoms. The molecular formula is C19H28FN3O2. The Morgan fingerprint density at radius 1 is 1.32 bits per heavy atom. The molecule has 1 aromatic carbocycles. The highest BCUT2D eigenvalue weighted by atomic mass is 19.1. The van der Waals surface area contributed by atoms with Crippen molar-refractivity contribution in [3.63, 3.8) is 0 Å². The molecule has 0 aliphatic carbocycles. The van der Waals surface area contributed by atoms with Crippen molar-refractivity contribution in [3.8, 4) is 5.75 Å². The minimum absolute atomic E-state index is 0.0980. The summed E-state index contributed by atoms with van der Waals surface area (Å²) in [5.74, 6) is 1.16. The van der Waals surface area contributed by atoms with Crippen LogP contribution in [0.5, 0.6) is 5.75 Å². The third kappa shape index (κ3) is 7.56. The standard InChI is InChI=1S/C19H28FN3O2/c1-3-21-19(22-11-8-16-9-12-24-13-10-16)23-14-15(2)25-18-6-4-17(20)5-7-18/h4-7,9,15H,3,8,10-14H2,1-2H3,(H2,21,22,23). The molecule has 25 heavy (non-hydrogen) atoms. The monoisotopic (exact) mass is 349 g/mol. The van der Waals surface area contributed by atoms with Crippen molar-refractivity contribution >= 4 is 5.96 Å². The van der Waals surface area contributed by atoms with Crippen molar-refractivity contribution < 1.29 is 13.9 Å². The molecule has 0 aromatic heterocycles. The minimum Gasteiger partial charge on any atom is -0.489 e. The molecule has 1 aliphatic heterocycles. The van der Waals surface area contributed by atoms with E-state index in [1.807, 2.05) is 13.8 Å². The Morgan fingerprint density at radius 2 is 2.12 bits per heavy atom. The van der Waals surface area contributed by atoms with Crippen LogP contribution in [0.1, 0.15) is 26.7 Å². The number of aliphatic imine (C=N–C) groups is 1. The van der Waals surface area contributed by atoms with Crippen LogP contribution in [-0.4, -0.2) is 44.9 Å². The summed E-state index contributed by atoms with van der Waals surface area (Å²) in [5.41, 5.74) is 1.43. The van der Waals surface area contributed by atoms with E-state index in [1.165, 1.54) is 17.7 Å². The fraction of sp³-hybridized carbons (Fsp3) is 0.526. The highest BCUT2D eigenvalue weighted by Gasteiger charge is 2.06. The van der Waals surface area contributed by atoms with Gasteiger partial charge in [-0.3, -0.25) is 0 Å². The lowest BCUT2D eigenvalue weighted by atomic mass is 10.1. The van der Waals surface area contributed by atoms with Gasteiger partial charge in [-0.15, -0.1) is 0 Å². The first-order valence-electron chi connectivity index (χ1n) is 8.87. The van der Waals surface area contributed by atoms with Gasteiger partial charge in [-0.05, 0) is 51.0 Å². The first kappa shape index (κ1) is 19.2. The van der Waals surface area contributed by atoms with Gasteiger partial charge in [0.15, 0.2) is 5.96 Å². The molecular weight excluding hydrogens is 321 g/mol. The van der Waals surface area contributed by atoms with E-state index in [0.717, 1.165) is 45.1 Å². The number of nitrogens with one attached hydrogen (secondary N) is 2. The smallest absolute Gasteiger partial charge is 0.191 e. The van der Waals surface area contributed by atoms with Crippen molar-refractivity contribution in [3.05, 3.63) is 41.7 Å². The Bertz CT molecular complexity index is 573. The van der Waals surface area contributed by atoms with Crippen LogP contribution in [-0.2, 0) is 4.74 Å². The first-order chi connectivity index (χ1) is 12.2. The van der Waals surface area contributed by atoms with E-state index in [-0.39, 0.29) is 11.9 Å². The summed E-state index contributed by atoms with van der Waals surface area (Å²) < 4.78 is 24.0. The Morgan fingerprint density at radius 3 is 2.80 bits per heavy atom. The molecule has 1 aromatic rings. The zero-order valence-corrected chi connectivity index (χ0v) is 15.1. The van der Waals surface area contributed by atoms with Crippen LogP contribution in [0.3, 0.4) is 0 Å². The van der Waals surface area contributed by atoms with E-state index in [2.05, 4.69) is 21.7 Å². The number of ether oxygens (including phenoxy) is 2. The topological polar surface area (TPSA) is 54.9 Å². The second-order valence-corrected chi connectivity index (χ2v) is 5.97.